The zero-order valence-electron chi connectivity index (χ0n) is 15.9. The maximum Gasteiger partial charge on any atom is 0.303 e. The summed E-state index contributed by atoms with van der Waals surface area (Å²) in [5.41, 5.74) is 1.75. The van der Waals surface area contributed by atoms with E-state index in [0.29, 0.717) is 41.3 Å². The molecule has 2 N–H and O–H groups in total. The van der Waals surface area contributed by atoms with Crippen LogP contribution in [-0.4, -0.2) is 36.5 Å². The zero-order chi connectivity index (χ0) is 20.5. The summed E-state index contributed by atoms with van der Waals surface area (Å²) in [6.07, 6.45) is 0.551. The molecule has 0 unspecified atom stereocenters. The number of Topliss-reactive ketones (excluding diaryl/α,β-unsaturated/α-hetero) is 1. The molecule has 0 heterocycles. The quantitative estimate of drug-likeness (QED) is 0.480. The summed E-state index contributed by atoms with van der Waals surface area (Å²) in [6.45, 7) is 1.78. The second-order valence-electron chi connectivity index (χ2n) is 6.18. The van der Waals surface area contributed by atoms with Crippen LogP contribution in [0.1, 0.15) is 35.7 Å². The number of hydrogen-bond acceptors (Lipinski definition) is 5. The minimum atomic E-state index is -0.855. The van der Waals surface area contributed by atoms with Crippen LogP contribution in [0.5, 0.6) is 11.5 Å². The number of benzene rings is 2. The van der Waals surface area contributed by atoms with Gasteiger partial charge in [-0.15, -0.1) is 0 Å². The van der Waals surface area contributed by atoms with Crippen LogP contribution in [0.25, 0.3) is 0 Å². The molecule has 0 fully saturated rings. The number of carbonyl (C=O) groups is 3. The number of ketones is 1. The zero-order valence-corrected chi connectivity index (χ0v) is 15.9. The molecule has 2 rings (SSSR count). The number of aliphatic carboxylic acids is 1. The number of rotatable bonds is 10. The lowest BCUT2D eigenvalue weighted by Gasteiger charge is -2.11. The third-order valence-corrected chi connectivity index (χ3v) is 3.98. The molecule has 0 spiro atoms. The number of methoxy groups -OCH3 is 1. The van der Waals surface area contributed by atoms with Crippen LogP contribution >= 0.6 is 0 Å². The van der Waals surface area contributed by atoms with Gasteiger partial charge < -0.3 is 19.9 Å². The van der Waals surface area contributed by atoms with Crippen LogP contribution in [0.2, 0.25) is 0 Å². The summed E-state index contributed by atoms with van der Waals surface area (Å²) < 4.78 is 10.7. The Morgan fingerprint density at radius 1 is 1.07 bits per heavy atom. The van der Waals surface area contributed by atoms with Gasteiger partial charge in [0.2, 0.25) is 5.91 Å². The number of carboxylic acid groups (broad SMARTS) is 1. The summed E-state index contributed by atoms with van der Waals surface area (Å²) in [7, 11) is 1.51. The van der Waals surface area contributed by atoms with Gasteiger partial charge in [-0.05, 0) is 55.8 Å². The van der Waals surface area contributed by atoms with Crippen molar-refractivity contribution >= 4 is 23.3 Å². The van der Waals surface area contributed by atoms with E-state index in [4.69, 9.17) is 14.6 Å². The molecule has 1 amide bonds. The molecule has 0 saturated heterocycles. The minimum Gasteiger partial charge on any atom is -0.496 e. The summed E-state index contributed by atoms with van der Waals surface area (Å²) in [4.78, 5) is 34.4. The molecule has 0 aliphatic heterocycles. The van der Waals surface area contributed by atoms with Gasteiger partial charge in [-0.25, -0.2) is 0 Å². The lowest BCUT2D eigenvalue weighted by molar-refractivity contribution is -0.137. The van der Waals surface area contributed by atoms with Crippen LogP contribution in [0.3, 0.4) is 0 Å². The van der Waals surface area contributed by atoms with E-state index in [-0.39, 0.29) is 24.5 Å². The van der Waals surface area contributed by atoms with Crippen molar-refractivity contribution in [2.24, 2.45) is 0 Å². The molecule has 7 heteroatoms. The van der Waals surface area contributed by atoms with Gasteiger partial charge in [-0.1, -0.05) is 0 Å². The van der Waals surface area contributed by atoms with Gasteiger partial charge in [0.15, 0.2) is 5.78 Å². The van der Waals surface area contributed by atoms with Gasteiger partial charge in [0.25, 0.3) is 0 Å². The van der Waals surface area contributed by atoms with Gasteiger partial charge in [0, 0.05) is 23.2 Å². The van der Waals surface area contributed by atoms with Crippen LogP contribution in [-0.2, 0) is 16.0 Å². The van der Waals surface area contributed by atoms with E-state index in [1.54, 1.807) is 42.5 Å². The highest BCUT2D eigenvalue weighted by Crippen LogP contribution is 2.22. The van der Waals surface area contributed by atoms with Crippen LogP contribution in [0.15, 0.2) is 42.5 Å². The molecular formula is C21H23NO6. The Bertz CT molecular complexity index is 844. The number of amides is 1. The van der Waals surface area contributed by atoms with Crippen molar-refractivity contribution in [3.05, 3.63) is 53.6 Å². The first-order valence-electron chi connectivity index (χ1n) is 8.81. The molecule has 0 saturated carbocycles. The van der Waals surface area contributed by atoms with E-state index >= 15 is 0 Å². The van der Waals surface area contributed by atoms with Crippen LogP contribution in [0.4, 0.5) is 5.69 Å². The average molecular weight is 385 g/mol. The second kappa shape index (κ2) is 10.1. The SMILES string of the molecule is COc1ccc(C(C)=O)cc1CC(=O)Nc1ccc(OCCCC(=O)O)cc1. The van der Waals surface area contributed by atoms with Crippen LogP contribution in [0, 0.1) is 0 Å². The highest BCUT2D eigenvalue weighted by atomic mass is 16.5. The Balaban J connectivity index is 1.93. The number of carbonyl (C=O) groups excluding carboxylic acids is 2. The lowest BCUT2D eigenvalue weighted by Crippen LogP contribution is -2.15. The first-order valence-corrected chi connectivity index (χ1v) is 8.81. The molecular weight excluding hydrogens is 362 g/mol. The largest absolute Gasteiger partial charge is 0.496 e. The first kappa shape index (κ1) is 21.0. The number of nitrogens with one attached hydrogen (secondary N) is 1. The predicted molar refractivity (Wildman–Crippen MR) is 104 cm³/mol. The van der Waals surface area contributed by atoms with Crippen molar-refractivity contribution in [1.29, 1.82) is 0 Å². The highest BCUT2D eigenvalue weighted by Gasteiger charge is 2.12. The van der Waals surface area contributed by atoms with Crippen molar-refractivity contribution in [3.8, 4) is 11.5 Å². The van der Waals surface area contributed by atoms with Gasteiger partial charge >= 0.3 is 5.97 Å². The summed E-state index contributed by atoms with van der Waals surface area (Å²) in [5.74, 6) is -0.0333. The first-order chi connectivity index (χ1) is 13.4. The number of carboxylic acids is 1. The molecule has 0 aliphatic carbocycles. The van der Waals surface area contributed by atoms with E-state index < -0.39 is 5.97 Å². The molecule has 2 aromatic rings. The standard InChI is InChI=1S/C21H23NO6/c1-14(23)15-5-10-19(27-2)16(12-15)13-20(24)22-17-6-8-18(9-7-17)28-11-3-4-21(25)26/h5-10,12H,3-4,11,13H2,1-2H3,(H,22,24)(H,25,26). The number of ether oxygens (including phenoxy) is 2. The molecule has 2 aromatic carbocycles. The Labute approximate surface area is 163 Å². The van der Waals surface area contributed by atoms with E-state index in [2.05, 4.69) is 5.32 Å². The third-order valence-electron chi connectivity index (χ3n) is 3.98. The van der Waals surface area contributed by atoms with Gasteiger partial charge in [-0.3, -0.25) is 14.4 Å². The lowest BCUT2D eigenvalue weighted by atomic mass is 10.0. The maximum atomic E-state index is 12.4. The summed E-state index contributed by atoms with van der Waals surface area (Å²) in [6, 6.07) is 11.8. The molecule has 148 valence electrons. The normalized spacial score (nSPS) is 10.2. The molecule has 28 heavy (non-hydrogen) atoms. The van der Waals surface area contributed by atoms with E-state index in [9.17, 15) is 14.4 Å². The number of anilines is 1. The van der Waals surface area contributed by atoms with Gasteiger partial charge in [-0.2, -0.15) is 0 Å². The van der Waals surface area contributed by atoms with Crippen molar-refractivity contribution in [1.82, 2.24) is 0 Å². The molecule has 0 aromatic heterocycles. The molecule has 0 aliphatic rings. The smallest absolute Gasteiger partial charge is 0.303 e. The van der Waals surface area contributed by atoms with E-state index in [1.807, 2.05) is 0 Å². The van der Waals surface area contributed by atoms with Crippen molar-refractivity contribution in [3.63, 3.8) is 0 Å². The molecule has 7 nitrogen and oxygen atoms in total. The topological polar surface area (TPSA) is 102 Å². The highest BCUT2D eigenvalue weighted by molar-refractivity contribution is 5.96. The van der Waals surface area contributed by atoms with Crippen molar-refractivity contribution in [2.75, 3.05) is 19.0 Å². The fourth-order valence-corrected chi connectivity index (χ4v) is 2.56. The molecule has 0 atom stereocenters. The van der Waals surface area contributed by atoms with Crippen molar-refractivity contribution < 1.29 is 29.0 Å². The second-order valence-corrected chi connectivity index (χ2v) is 6.18. The van der Waals surface area contributed by atoms with Gasteiger partial charge in [0.05, 0.1) is 20.1 Å². The molecule has 0 radical (unpaired) electrons. The summed E-state index contributed by atoms with van der Waals surface area (Å²) in [5, 5.41) is 11.4. The van der Waals surface area contributed by atoms with Crippen molar-refractivity contribution in [2.45, 2.75) is 26.2 Å². The van der Waals surface area contributed by atoms with E-state index in [0.717, 1.165) is 0 Å². The van der Waals surface area contributed by atoms with Gasteiger partial charge in [0.1, 0.15) is 11.5 Å². The fraction of sp³-hybridized carbons (Fsp3) is 0.286. The summed E-state index contributed by atoms with van der Waals surface area (Å²) >= 11 is 0. The van der Waals surface area contributed by atoms with Crippen LogP contribution < -0.4 is 14.8 Å². The predicted octanol–water partition coefficient (Wildman–Crippen LogP) is 3.32. The third kappa shape index (κ3) is 6.42. The molecule has 0 bridgehead atoms. The average Bonchev–Trinajstić information content (AvgIpc) is 2.66. The maximum absolute atomic E-state index is 12.4. The number of hydrogen-bond donors (Lipinski definition) is 2. The monoisotopic (exact) mass is 385 g/mol. The Morgan fingerprint density at radius 2 is 1.79 bits per heavy atom. The van der Waals surface area contributed by atoms with E-state index in [1.165, 1.54) is 14.0 Å². The fourth-order valence-electron chi connectivity index (χ4n) is 2.56. The minimum absolute atomic E-state index is 0.0580. The Morgan fingerprint density at radius 3 is 2.39 bits per heavy atom. The Kier molecular flexibility index (Phi) is 7.56. The Hall–Kier alpha value is -3.35.